The van der Waals surface area contributed by atoms with Gasteiger partial charge in [0, 0.05) is 11.4 Å². The van der Waals surface area contributed by atoms with Crippen LogP contribution in [0.2, 0.25) is 0 Å². The van der Waals surface area contributed by atoms with Gasteiger partial charge in [0.2, 0.25) is 5.65 Å². The van der Waals surface area contributed by atoms with Crippen LogP contribution in [0.1, 0.15) is 38.9 Å². The van der Waals surface area contributed by atoms with Crippen molar-refractivity contribution in [2.24, 2.45) is 5.92 Å². The summed E-state index contributed by atoms with van der Waals surface area (Å²) in [6, 6.07) is 6.33. The molecule has 29 heavy (non-hydrogen) atoms. The number of nitrogens with one attached hydrogen (secondary N) is 2. The fourth-order valence-electron chi connectivity index (χ4n) is 3.67. The molecule has 1 aliphatic heterocycles. The van der Waals surface area contributed by atoms with Crippen molar-refractivity contribution in [1.29, 1.82) is 0 Å². The molecule has 4 rings (SSSR count). The van der Waals surface area contributed by atoms with E-state index in [1.807, 2.05) is 6.92 Å². The number of hydrogen-bond acceptors (Lipinski definition) is 7. The third-order valence-corrected chi connectivity index (χ3v) is 5.95. The van der Waals surface area contributed by atoms with Gasteiger partial charge in [-0.05, 0) is 63.1 Å². The van der Waals surface area contributed by atoms with Crippen LogP contribution in [0, 0.1) is 12.8 Å². The maximum Gasteiger partial charge on any atom is 0.204 e. The van der Waals surface area contributed by atoms with E-state index in [4.69, 9.17) is 9.72 Å². The van der Waals surface area contributed by atoms with Gasteiger partial charge in [-0.15, -0.1) is 22.0 Å². The molecule has 3 aromatic rings. The highest BCUT2D eigenvalue weighted by atomic mass is 32.2. The lowest BCUT2D eigenvalue weighted by Crippen LogP contribution is -2.22. The molecular formula is C21H30N6OS. The molecule has 2 aromatic heterocycles. The molecule has 156 valence electrons. The second-order valence-electron chi connectivity index (χ2n) is 8.03. The van der Waals surface area contributed by atoms with Crippen molar-refractivity contribution >= 4 is 34.3 Å². The number of fused-ring (bicyclic) bond motifs is 3. The Labute approximate surface area is 176 Å². The minimum absolute atomic E-state index is 0.261. The van der Waals surface area contributed by atoms with Crippen LogP contribution in [-0.2, 0) is 4.74 Å². The predicted octanol–water partition coefficient (Wildman–Crippen LogP) is 3.86. The normalized spacial score (nSPS) is 18.8. The Balaban J connectivity index is 1.34. The van der Waals surface area contributed by atoms with Gasteiger partial charge in [-0.1, -0.05) is 13.8 Å². The van der Waals surface area contributed by atoms with Gasteiger partial charge in [0.25, 0.3) is 0 Å². The summed E-state index contributed by atoms with van der Waals surface area (Å²) in [5, 5.41) is 15.6. The molecule has 2 N–H and O–H groups in total. The van der Waals surface area contributed by atoms with Crippen LogP contribution in [-0.4, -0.2) is 51.3 Å². The van der Waals surface area contributed by atoms with Gasteiger partial charge in [0.05, 0.1) is 17.1 Å². The first-order valence-electron chi connectivity index (χ1n) is 10.4. The van der Waals surface area contributed by atoms with E-state index < -0.39 is 0 Å². The van der Waals surface area contributed by atoms with Crippen molar-refractivity contribution in [2.45, 2.75) is 57.3 Å². The molecule has 1 aliphatic rings. The molecule has 0 spiro atoms. The Morgan fingerprint density at radius 3 is 2.83 bits per heavy atom. The number of unbranched alkanes of at least 4 members (excludes halogenated alkanes) is 1. The SMILES string of the molecule is CSc1ccc2c(c1)nc(NCCCCNC1OC1CC(C)C)c1nnc(C)n12. The molecule has 0 saturated carbocycles. The van der Waals surface area contributed by atoms with Gasteiger partial charge in [-0.3, -0.25) is 9.72 Å². The van der Waals surface area contributed by atoms with Gasteiger partial charge >= 0.3 is 0 Å². The van der Waals surface area contributed by atoms with E-state index in [1.165, 1.54) is 4.90 Å². The highest BCUT2D eigenvalue weighted by Crippen LogP contribution is 2.27. The fourth-order valence-corrected chi connectivity index (χ4v) is 4.10. The number of aryl methyl sites for hydroxylation is 1. The minimum Gasteiger partial charge on any atom is -0.367 e. The Morgan fingerprint density at radius 2 is 2.03 bits per heavy atom. The molecule has 3 heterocycles. The van der Waals surface area contributed by atoms with Crippen molar-refractivity contribution in [2.75, 3.05) is 24.7 Å². The summed E-state index contributed by atoms with van der Waals surface area (Å²) in [6.45, 7) is 8.28. The number of rotatable bonds is 10. The summed E-state index contributed by atoms with van der Waals surface area (Å²) in [5.74, 6) is 2.36. The first-order valence-corrected chi connectivity index (χ1v) is 11.6. The average Bonchev–Trinajstić information content (AvgIpc) is 3.31. The number of aromatic nitrogens is 4. The summed E-state index contributed by atoms with van der Waals surface area (Å²) >= 11 is 1.72. The summed E-state index contributed by atoms with van der Waals surface area (Å²) in [6.07, 6.45) is 6.03. The van der Waals surface area contributed by atoms with E-state index in [-0.39, 0.29) is 6.23 Å². The summed E-state index contributed by atoms with van der Waals surface area (Å²) in [4.78, 5) is 6.03. The van der Waals surface area contributed by atoms with Crippen LogP contribution in [0.25, 0.3) is 16.7 Å². The van der Waals surface area contributed by atoms with Crippen LogP contribution in [0.15, 0.2) is 23.1 Å². The second kappa shape index (κ2) is 8.85. The van der Waals surface area contributed by atoms with E-state index >= 15 is 0 Å². The molecule has 0 amide bonds. The molecule has 7 nitrogen and oxygen atoms in total. The summed E-state index contributed by atoms with van der Waals surface area (Å²) in [7, 11) is 0. The van der Waals surface area contributed by atoms with E-state index in [0.717, 1.165) is 60.7 Å². The van der Waals surface area contributed by atoms with Crippen molar-refractivity contribution < 1.29 is 4.74 Å². The van der Waals surface area contributed by atoms with Crippen LogP contribution >= 0.6 is 11.8 Å². The van der Waals surface area contributed by atoms with E-state index in [0.29, 0.717) is 12.0 Å². The monoisotopic (exact) mass is 414 g/mol. The van der Waals surface area contributed by atoms with Crippen molar-refractivity contribution in [3.05, 3.63) is 24.0 Å². The summed E-state index contributed by atoms with van der Waals surface area (Å²) < 4.78 is 7.74. The van der Waals surface area contributed by atoms with Crippen LogP contribution in [0.3, 0.4) is 0 Å². The standard InChI is InChI=1S/C21H30N6OS/c1-13(2)11-18-21(28-18)23-10-6-5-9-22-19-20-26-25-14(3)27(20)17-8-7-15(29-4)12-16(17)24-19/h7-8,12-13,18,21,23H,5-6,9-11H2,1-4H3,(H,22,24). The van der Waals surface area contributed by atoms with Crippen LogP contribution < -0.4 is 10.6 Å². The molecule has 0 radical (unpaired) electrons. The fraction of sp³-hybridized carbons (Fsp3) is 0.571. The van der Waals surface area contributed by atoms with E-state index in [2.05, 4.69) is 63.5 Å². The first-order chi connectivity index (χ1) is 14.1. The van der Waals surface area contributed by atoms with Gasteiger partial charge < -0.3 is 10.1 Å². The van der Waals surface area contributed by atoms with Crippen molar-refractivity contribution in [3.63, 3.8) is 0 Å². The molecular weight excluding hydrogens is 384 g/mol. The van der Waals surface area contributed by atoms with Crippen molar-refractivity contribution in [3.8, 4) is 0 Å². The smallest absolute Gasteiger partial charge is 0.204 e. The van der Waals surface area contributed by atoms with Gasteiger partial charge in [-0.2, -0.15) is 0 Å². The average molecular weight is 415 g/mol. The lowest BCUT2D eigenvalue weighted by Gasteiger charge is -2.10. The number of ether oxygens (including phenoxy) is 1. The highest BCUT2D eigenvalue weighted by molar-refractivity contribution is 7.98. The zero-order chi connectivity index (χ0) is 20.4. The Kier molecular flexibility index (Phi) is 6.22. The van der Waals surface area contributed by atoms with Gasteiger partial charge in [0.15, 0.2) is 5.82 Å². The molecule has 8 heteroatoms. The third-order valence-electron chi connectivity index (χ3n) is 5.22. The number of thioether (sulfide) groups is 1. The zero-order valence-electron chi connectivity index (χ0n) is 17.6. The second-order valence-corrected chi connectivity index (χ2v) is 8.91. The minimum atomic E-state index is 0.261. The lowest BCUT2D eigenvalue weighted by atomic mass is 10.1. The molecule has 0 aliphatic carbocycles. The quantitative estimate of drug-likeness (QED) is 0.296. The summed E-state index contributed by atoms with van der Waals surface area (Å²) in [5.41, 5.74) is 2.78. The number of benzene rings is 1. The van der Waals surface area contributed by atoms with Gasteiger partial charge in [0.1, 0.15) is 12.1 Å². The maximum absolute atomic E-state index is 5.66. The maximum atomic E-state index is 5.66. The molecule has 2 atom stereocenters. The first kappa shape index (κ1) is 20.4. The molecule has 0 bridgehead atoms. The number of anilines is 1. The zero-order valence-corrected chi connectivity index (χ0v) is 18.4. The van der Waals surface area contributed by atoms with E-state index in [9.17, 15) is 0 Å². The van der Waals surface area contributed by atoms with E-state index in [1.54, 1.807) is 11.8 Å². The topological polar surface area (TPSA) is 79.7 Å². The number of hydrogen-bond donors (Lipinski definition) is 2. The number of epoxide rings is 1. The predicted molar refractivity (Wildman–Crippen MR) is 119 cm³/mol. The molecule has 1 fully saturated rings. The lowest BCUT2D eigenvalue weighted by molar-refractivity contribution is 0.328. The van der Waals surface area contributed by atoms with Gasteiger partial charge in [-0.25, -0.2) is 4.98 Å². The Bertz CT molecular complexity index is 988. The molecule has 1 aromatic carbocycles. The molecule has 2 unspecified atom stereocenters. The Hall–Kier alpha value is -1.90. The third kappa shape index (κ3) is 4.65. The number of nitrogens with zero attached hydrogens (tertiary/aromatic N) is 4. The van der Waals surface area contributed by atoms with Crippen LogP contribution in [0.4, 0.5) is 5.82 Å². The van der Waals surface area contributed by atoms with Crippen LogP contribution in [0.5, 0.6) is 0 Å². The highest BCUT2D eigenvalue weighted by Gasteiger charge is 2.38. The van der Waals surface area contributed by atoms with Crippen molar-refractivity contribution in [1.82, 2.24) is 24.9 Å². The molecule has 1 saturated heterocycles. The Morgan fingerprint density at radius 1 is 1.21 bits per heavy atom. The largest absolute Gasteiger partial charge is 0.367 e.